The number of hydrogen-bond acceptors (Lipinski definition) is 3. The summed E-state index contributed by atoms with van der Waals surface area (Å²) in [5.74, 6) is 1.17. The van der Waals surface area contributed by atoms with Crippen molar-refractivity contribution in [2.24, 2.45) is 0 Å². The third-order valence-electron chi connectivity index (χ3n) is 3.53. The van der Waals surface area contributed by atoms with Crippen molar-refractivity contribution in [3.8, 4) is 17.2 Å². The summed E-state index contributed by atoms with van der Waals surface area (Å²) in [4.78, 5) is 0. The molecule has 19 heavy (non-hydrogen) atoms. The van der Waals surface area contributed by atoms with Gasteiger partial charge < -0.3 is 14.9 Å². The molecule has 1 aliphatic rings. The Balaban J connectivity index is 1.95. The molecule has 0 bridgehead atoms. The molecule has 2 N–H and O–H groups in total. The van der Waals surface area contributed by atoms with E-state index in [2.05, 4.69) is 13.3 Å². The summed E-state index contributed by atoms with van der Waals surface area (Å²) in [6.07, 6.45) is 2.14. The molecule has 3 heteroatoms. The molecule has 1 radical (unpaired) electrons. The van der Waals surface area contributed by atoms with Gasteiger partial charge in [0.2, 0.25) is 0 Å². The second-order valence-corrected chi connectivity index (χ2v) is 5.12. The van der Waals surface area contributed by atoms with Gasteiger partial charge in [0.25, 0.3) is 0 Å². The van der Waals surface area contributed by atoms with Gasteiger partial charge in [-0.25, -0.2) is 0 Å². The highest BCUT2D eigenvalue weighted by molar-refractivity contribution is 5.50. The van der Waals surface area contributed by atoms with Crippen LogP contribution in [0, 0.1) is 6.42 Å². The van der Waals surface area contributed by atoms with Crippen molar-refractivity contribution in [2.75, 3.05) is 6.61 Å². The summed E-state index contributed by atoms with van der Waals surface area (Å²) in [7, 11) is 0. The summed E-state index contributed by atoms with van der Waals surface area (Å²) in [5.41, 5.74) is 1.82. The molecule has 0 saturated carbocycles. The van der Waals surface area contributed by atoms with Gasteiger partial charge in [-0.15, -0.1) is 0 Å². The second kappa shape index (κ2) is 4.19. The summed E-state index contributed by atoms with van der Waals surface area (Å²) in [5, 5.41) is 18.8. The smallest absolute Gasteiger partial charge is 0.126 e. The zero-order valence-electron chi connectivity index (χ0n) is 10.6. The van der Waals surface area contributed by atoms with Crippen LogP contribution in [-0.4, -0.2) is 16.8 Å². The lowest BCUT2D eigenvalue weighted by molar-refractivity contribution is 0.231. The molecule has 1 heterocycles. The first-order valence-electron chi connectivity index (χ1n) is 6.18. The van der Waals surface area contributed by atoms with Crippen LogP contribution < -0.4 is 4.74 Å². The highest BCUT2D eigenvalue weighted by atomic mass is 16.5. The first-order chi connectivity index (χ1) is 9.07. The Hall–Kier alpha value is -2.16. The molecule has 0 amide bonds. The number of phenolic OH excluding ortho intramolecular Hbond substituents is 2. The molecule has 0 spiro atoms. The molecule has 3 nitrogen and oxygen atoms in total. The first kappa shape index (κ1) is 11.9. The van der Waals surface area contributed by atoms with Crippen molar-refractivity contribution in [1.29, 1.82) is 0 Å². The van der Waals surface area contributed by atoms with Crippen molar-refractivity contribution in [3.63, 3.8) is 0 Å². The zero-order chi connectivity index (χ0) is 13.5. The summed E-state index contributed by atoms with van der Waals surface area (Å²) in [6.45, 7) is 2.60. The van der Waals surface area contributed by atoms with Crippen LogP contribution in [0.3, 0.4) is 0 Å². The van der Waals surface area contributed by atoms with E-state index in [0.717, 1.165) is 11.1 Å². The fourth-order valence-corrected chi connectivity index (χ4v) is 2.39. The molecule has 0 fully saturated rings. The maximum absolute atomic E-state index is 9.44. The Labute approximate surface area is 112 Å². The lowest BCUT2D eigenvalue weighted by atomic mass is 9.76. The molecule has 2 aromatic carbocycles. The van der Waals surface area contributed by atoms with E-state index in [1.54, 1.807) is 24.3 Å². The van der Waals surface area contributed by atoms with Crippen molar-refractivity contribution >= 4 is 0 Å². The number of aromatic hydroxyl groups is 2. The van der Waals surface area contributed by atoms with Gasteiger partial charge in [-0.05, 0) is 29.3 Å². The number of benzene rings is 2. The maximum atomic E-state index is 9.44. The predicted molar refractivity (Wildman–Crippen MR) is 72.5 cm³/mol. The average molecular weight is 255 g/mol. The van der Waals surface area contributed by atoms with E-state index in [9.17, 15) is 10.2 Å². The van der Waals surface area contributed by atoms with E-state index in [-0.39, 0.29) is 16.9 Å². The van der Waals surface area contributed by atoms with Crippen LogP contribution in [0.25, 0.3) is 0 Å². The number of rotatable bonds is 1. The first-order valence-corrected chi connectivity index (χ1v) is 6.18. The molecule has 0 saturated heterocycles. The topological polar surface area (TPSA) is 49.7 Å². The normalized spacial score (nSPS) is 21.5. The van der Waals surface area contributed by atoms with Gasteiger partial charge in [0, 0.05) is 17.9 Å². The lowest BCUT2D eigenvalue weighted by Crippen LogP contribution is -2.34. The van der Waals surface area contributed by atoms with Crippen LogP contribution in [0.5, 0.6) is 17.2 Å². The zero-order valence-corrected chi connectivity index (χ0v) is 10.6. The largest absolute Gasteiger partial charge is 0.508 e. The number of phenols is 2. The number of ether oxygens (including phenoxy) is 1. The molecular formula is C16H15O3. The van der Waals surface area contributed by atoms with Crippen molar-refractivity contribution < 1.29 is 14.9 Å². The molecular weight excluding hydrogens is 240 g/mol. The van der Waals surface area contributed by atoms with E-state index in [1.807, 2.05) is 18.2 Å². The maximum Gasteiger partial charge on any atom is 0.126 e. The highest BCUT2D eigenvalue weighted by Crippen LogP contribution is 2.40. The van der Waals surface area contributed by atoms with E-state index in [0.29, 0.717) is 12.4 Å². The molecule has 1 aliphatic heterocycles. The number of fused-ring (bicyclic) bond motifs is 1. The second-order valence-electron chi connectivity index (χ2n) is 5.12. The van der Waals surface area contributed by atoms with Crippen LogP contribution in [-0.2, 0) is 5.41 Å². The van der Waals surface area contributed by atoms with E-state index in [1.165, 1.54) is 0 Å². The molecule has 0 aromatic heterocycles. The molecule has 97 valence electrons. The lowest BCUT2D eigenvalue weighted by Gasteiger charge is -2.35. The average Bonchev–Trinajstić information content (AvgIpc) is 2.40. The van der Waals surface area contributed by atoms with Crippen molar-refractivity contribution in [3.05, 3.63) is 60.0 Å². The molecule has 2 aromatic rings. The standard InChI is InChI=1S/C16H15O3/c1-16(12-3-6-13(17)7-4-12)9-11-2-5-14(18)8-15(11)19-10-16/h2-9,17-18H,10H2,1H3. The van der Waals surface area contributed by atoms with Gasteiger partial charge in [-0.2, -0.15) is 0 Å². The Morgan fingerprint density at radius 3 is 2.42 bits per heavy atom. The summed E-state index contributed by atoms with van der Waals surface area (Å²) < 4.78 is 5.75. The minimum atomic E-state index is -0.238. The van der Waals surface area contributed by atoms with Gasteiger partial charge in [0.1, 0.15) is 17.2 Å². The minimum absolute atomic E-state index is 0.209. The van der Waals surface area contributed by atoms with Gasteiger partial charge in [0.05, 0.1) is 6.61 Å². The Morgan fingerprint density at radius 1 is 1.00 bits per heavy atom. The van der Waals surface area contributed by atoms with Gasteiger partial charge in [-0.3, -0.25) is 0 Å². The van der Waals surface area contributed by atoms with Gasteiger partial charge in [0.15, 0.2) is 0 Å². The summed E-state index contributed by atoms with van der Waals surface area (Å²) >= 11 is 0. The molecule has 3 rings (SSSR count). The third-order valence-corrected chi connectivity index (χ3v) is 3.53. The molecule has 1 unspecified atom stereocenters. The highest BCUT2D eigenvalue weighted by Gasteiger charge is 2.33. The SMILES string of the molecule is CC1(c2ccc(O)cc2)[CH]c2ccc(O)cc2OC1. The Morgan fingerprint density at radius 2 is 1.68 bits per heavy atom. The van der Waals surface area contributed by atoms with Crippen LogP contribution in [0.2, 0.25) is 0 Å². The fraction of sp³-hybridized carbons (Fsp3) is 0.188. The van der Waals surface area contributed by atoms with E-state index in [4.69, 9.17) is 4.74 Å². The van der Waals surface area contributed by atoms with Crippen LogP contribution in [0.1, 0.15) is 18.1 Å². The predicted octanol–water partition coefficient (Wildman–Crippen LogP) is 3.00. The van der Waals surface area contributed by atoms with Gasteiger partial charge in [-0.1, -0.05) is 25.1 Å². The minimum Gasteiger partial charge on any atom is -0.508 e. The van der Waals surface area contributed by atoms with Crippen molar-refractivity contribution in [2.45, 2.75) is 12.3 Å². The fourth-order valence-electron chi connectivity index (χ4n) is 2.39. The van der Waals surface area contributed by atoms with Crippen LogP contribution in [0.15, 0.2) is 42.5 Å². The van der Waals surface area contributed by atoms with E-state index < -0.39 is 0 Å². The van der Waals surface area contributed by atoms with Crippen LogP contribution in [0.4, 0.5) is 0 Å². The third kappa shape index (κ3) is 2.12. The number of hydrogen-bond donors (Lipinski definition) is 2. The molecule has 0 aliphatic carbocycles. The van der Waals surface area contributed by atoms with E-state index >= 15 is 0 Å². The monoisotopic (exact) mass is 255 g/mol. The Kier molecular flexibility index (Phi) is 2.63. The van der Waals surface area contributed by atoms with Crippen LogP contribution >= 0.6 is 0 Å². The Bertz CT molecular complexity index is 604. The van der Waals surface area contributed by atoms with Gasteiger partial charge >= 0.3 is 0 Å². The summed E-state index contributed by atoms with van der Waals surface area (Å²) in [6, 6.07) is 12.3. The quantitative estimate of drug-likeness (QED) is 0.823. The molecule has 1 atom stereocenters. The van der Waals surface area contributed by atoms with Crippen molar-refractivity contribution in [1.82, 2.24) is 0 Å².